The van der Waals surface area contributed by atoms with Crippen LogP contribution >= 0.6 is 11.8 Å². The summed E-state index contributed by atoms with van der Waals surface area (Å²) in [4.78, 5) is 43.3. The van der Waals surface area contributed by atoms with Gasteiger partial charge in [-0.25, -0.2) is 4.79 Å². The molecule has 10 nitrogen and oxygen atoms in total. The second kappa shape index (κ2) is 16.0. The maximum absolute atomic E-state index is 13.5. The molecule has 0 bridgehead atoms. The fourth-order valence-electron chi connectivity index (χ4n) is 5.38. The zero-order chi connectivity index (χ0) is 31.6. The van der Waals surface area contributed by atoms with Crippen LogP contribution in [0.4, 0.5) is 5.69 Å². The number of ether oxygens (including phenoxy) is 4. The number of hydrogen-bond acceptors (Lipinski definition) is 10. The number of nitro benzene ring substituents is 1. The first-order chi connectivity index (χ1) is 21.1. The van der Waals surface area contributed by atoms with Crippen molar-refractivity contribution in [2.45, 2.75) is 76.6 Å². The van der Waals surface area contributed by atoms with Crippen molar-refractivity contribution >= 4 is 35.1 Å². The van der Waals surface area contributed by atoms with Gasteiger partial charge >= 0.3 is 11.9 Å². The molecule has 0 aromatic heterocycles. The summed E-state index contributed by atoms with van der Waals surface area (Å²) in [5.74, 6) is -2.43. The minimum absolute atomic E-state index is 0.0912. The fraction of sp³-hybridized carbons (Fsp3) is 0.485. The van der Waals surface area contributed by atoms with Crippen LogP contribution < -0.4 is 0 Å². The van der Waals surface area contributed by atoms with E-state index in [0.29, 0.717) is 29.3 Å². The number of carbonyl (C=O) groups is 2. The predicted octanol–water partition coefficient (Wildman–Crippen LogP) is 6.42. The van der Waals surface area contributed by atoms with E-state index in [1.165, 1.54) is 23.8 Å². The van der Waals surface area contributed by atoms with Gasteiger partial charge in [-0.2, -0.15) is 0 Å². The van der Waals surface area contributed by atoms with Crippen molar-refractivity contribution in [3.8, 4) is 0 Å². The van der Waals surface area contributed by atoms with Crippen LogP contribution in [0.15, 0.2) is 69.7 Å². The number of hydrogen-bond donors (Lipinski definition) is 0. The molecule has 0 N–H and O–H groups in total. The molecule has 0 amide bonds. The molecule has 2 heterocycles. The number of non-ortho nitro benzene ring substituents is 1. The first-order valence-corrected chi connectivity index (χ1v) is 16.0. The molecule has 1 saturated heterocycles. The molecule has 236 valence electrons. The van der Waals surface area contributed by atoms with Crippen molar-refractivity contribution in [2.24, 2.45) is 10.9 Å². The number of rotatable bonds is 13. The van der Waals surface area contributed by atoms with Gasteiger partial charge < -0.3 is 18.9 Å². The smallest absolute Gasteiger partial charge is 0.336 e. The summed E-state index contributed by atoms with van der Waals surface area (Å²) < 4.78 is 22.6. The first kappa shape index (κ1) is 33.4. The molecule has 44 heavy (non-hydrogen) atoms. The molecule has 0 saturated carbocycles. The van der Waals surface area contributed by atoms with Crippen molar-refractivity contribution < 1.29 is 33.5 Å². The highest BCUT2D eigenvalue weighted by Gasteiger charge is 2.43. The summed E-state index contributed by atoms with van der Waals surface area (Å²) in [5.41, 5.74) is 2.53. The van der Waals surface area contributed by atoms with Gasteiger partial charge in [-0.15, -0.1) is 11.8 Å². The lowest BCUT2D eigenvalue weighted by molar-refractivity contribution is -0.384. The van der Waals surface area contributed by atoms with Gasteiger partial charge in [0.1, 0.15) is 12.5 Å². The SMILES string of the molecule is CC1=NC(C)=C(C(=O)OCCSc2ccc(CCOC3CCCCO3)cc2)C(c2cccc([N+](=O)[O-])c2)C1C(=O)OC(C)C. The van der Waals surface area contributed by atoms with Crippen molar-refractivity contribution in [3.05, 3.63) is 81.0 Å². The van der Waals surface area contributed by atoms with E-state index >= 15 is 0 Å². The van der Waals surface area contributed by atoms with E-state index in [1.54, 1.807) is 45.5 Å². The maximum atomic E-state index is 13.5. The lowest BCUT2D eigenvalue weighted by atomic mass is 9.75. The van der Waals surface area contributed by atoms with E-state index < -0.39 is 28.7 Å². The van der Waals surface area contributed by atoms with Gasteiger partial charge in [0.15, 0.2) is 6.29 Å². The molecule has 1 fully saturated rings. The largest absolute Gasteiger partial charge is 0.462 e. The standard InChI is InChI=1S/C33H40N2O8S/c1-21(2)43-33(37)30-23(4)34-22(3)29(31(30)25-8-7-9-26(20-25)35(38)39)32(36)42-18-19-44-27-13-11-24(12-14-27)15-17-41-28-10-5-6-16-40-28/h7-9,11-14,20-21,28,30-31H,5-6,10,15-19H2,1-4H3. The van der Waals surface area contributed by atoms with E-state index in [9.17, 15) is 19.7 Å². The number of allylic oxidation sites excluding steroid dienone is 1. The van der Waals surface area contributed by atoms with Crippen LogP contribution in [0.5, 0.6) is 0 Å². The maximum Gasteiger partial charge on any atom is 0.336 e. The van der Waals surface area contributed by atoms with Crippen molar-refractivity contribution in [2.75, 3.05) is 25.6 Å². The monoisotopic (exact) mass is 624 g/mol. The minimum atomic E-state index is -0.931. The van der Waals surface area contributed by atoms with E-state index in [2.05, 4.69) is 17.1 Å². The van der Waals surface area contributed by atoms with Crippen LogP contribution in [0.25, 0.3) is 0 Å². The number of benzene rings is 2. The van der Waals surface area contributed by atoms with Crippen molar-refractivity contribution in [1.82, 2.24) is 0 Å². The van der Waals surface area contributed by atoms with E-state index in [0.717, 1.165) is 37.2 Å². The number of thioether (sulfide) groups is 1. The Bertz CT molecular complexity index is 1380. The summed E-state index contributed by atoms with van der Waals surface area (Å²) in [7, 11) is 0. The number of aliphatic imine (C=N–C) groups is 1. The van der Waals surface area contributed by atoms with Crippen molar-refractivity contribution in [1.29, 1.82) is 0 Å². The second-order valence-electron chi connectivity index (χ2n) is 11.1. The van der Waals surface area contributed by atoms with Crippen LogP contribution in [0.3, 0.4) is 0 Å². The van der Waals surface area contributed by atoms with Crippen LogP contribution in [-0.4, -0.2) is 60.5 Å². The molecular formula is C33H40N2O8S. The van der Waals surface area contributed by atoms with Gasteiger partial charge in [-0.1, -0.05) is 24.3 Å². The highest BCUT2D eigenvalue weighted by Crippen LogP contribution is 2.41. The first-order valence-electron chi connectivity index (χ1n) is 15.0. The van der Waals surface area contributed by atoms with Gasteiger partial charge in [0.05, 0.1) is 23.2 Å². The molecule has 3 unspecified atom stereocenters. The van der Waals surface area contributed by atoms with Gasteiger partial charge in [-0.3, -0.25) is 19.9 Å². The quantitative estimate of drug-likeness (QED) is 0.0816. The van der Waals surface area contributed by atoms with Crippen LogP contribution in [0.2, 0.25) is 0 Å². The Balaban J connectivity index is 1.39. The lowest BCUT2D eigenvalue weighted by Crippen LogP contribution is -2.37. The Morgan fingerprint density at radius 1 is 1.11 bits per heavy atom. The normalized spacial score (nSPS) is 20.3. The lowest BCUT2D eigenvalue weighted by Gasteiger charge is -2.32. The summed E-state index contributed by atoms with van der Waals surface area (Å²) in [5, 5.41) is 11.5. The zero-order valence-corrected chi connectivity index (χ0v) is 26.5. The van der Waals surface area contributed by atoms with Gasteiger partial charge in [0, 0.05) is 46.7 Å². The van der Waals surface area contributed by atoms with Crippen molar-refractivity contribution in [3.63, 3.8) is 0 Å². The average Bonchev–Trinajstić information content (AvgIpc) is 2.99. The topological polar surface area (TPSA) is 127 Å². The van der Waals surface area contributed by atoms with Crippen LogP contribution in [0, 0.1) is 16.0 Å². The summed E-state index contributed by atoms with van der Waals surface area (Å²) >= 11 is 1.56. The minimum Gasteiger partial charge on any atom is -0.462 e. The molecule has 2 aliphatic heterocycles. The van der Waals surface area contributed by atoms with Gasteiger partial charge in [0.2, 0.25) is 0 Å². The van der Waals surface area contributed by atoms with E-state index in [-0.39, 0.29) is 30.3 Å². The Labute approximate surface area is 262 Å². The Morgan fingerprint density at radius 3 is 2.57 bits per heavy atom. The molecule has 0 aliphatic carbocycles. The number of nitro groups is 1. The third kappa shape index (κ3) is 8.99. The van der Waals surface area contributed by atoms with Crippen LogP contribution in [0.1, 0.15) is 64.0 Å². The molecule has 2 aliphatic rings. The third-order valence-corrected chi connectivity index (χ3v) is 8.41. The number of nitrogens with zero attached hydrogens (tertiary/aromatic N) is 2. The molecule has 0 radical (unpaired) electrons. The Hall–Kier alpha value is -3.54. The molecule has 4 rings (SSSR count). The van der Waals surface area contributed by atoms with Gasteiger partial charge in [-0.05, 0) is 76.6 Å². The Morgan fingerprint density at radius 2 is 1.89 bits per heavy atom. The summed E-state index contributed by atoms with van der Waals surface area (Å²) in [6, 6.07) is 14.2. The highest BCUT2D eigenvalue weighted by molar-refractivity contribution is 7.99. The molecule has 2 aromatic rings. The summed E-state index contributed by atoms with van der Waals surface area (Å²) in [6.45, 7) is 8.35. The number of esters is 2. The molecular weight excluding hydrogens is 584 g/mol. The molecule has 2 aromatic carbocycles. The zero-order valence-electron chi connectivity index (χ0n) is 25.7. The third-order valence-electron chi connectivity index (χ3n) is 7.44. The number of carbonyl (C=O) groups excluding carboxylic acids is 2. The predicted molar refractivity (Wildman–Crippen MR) is 168 cm³/mol. The fourth-order valence-corrected chi connectivity index (χ4v) is 6.11. The van der Waals surface area contributed by atoms with Gasteiger partial charge in [0.25, 0.3) is 5.69 Å². The second-order valence-corrected chi connectivity index (χ2v) is 12.3. The Kier molecular flexibility index (Phi) is 12.1. The highest BCUT2D eigenvalue weighted by atomic mass is 32.2. The van der Waals surface area contributed by atoms with E-state index in [1.807, 2.05) is 12.1 Å². The molecule has 11 heteroatoms. The molecule has 0 spiro atoms. The van der Waals surface area contributed by atoms with Crippen LogP contribution in [-0.2, 0) is 35.0 Å². The van der Waals surface area contributed by atoms with E-state index in [4.69, 9.17) is 18.9 Å². The summed E-state index contributed by atoms with van der Waals surface area (Å²) in [6.07, 6.45) is 3.51. The average molecular weight is 625 g/mol. The molecule has 3 atom stereocenters.